The van der Waals surface area contributed by atoms with E-state index in [4.69, 9.17) is 0 Å². The third-order valence-corrected chi connectivity index (χ3v) is 5.24. The smallest absolute Gasteiger partial charge is 0.422 e. The van der Waals surface area contributed by atoms with Crippen LogP contribution in [0.1, 0.15) is 36.8 Å². The number of amides is 1. The lowest BCUT2D eigenvalue weighted by Gasteiger charge is -2.14. The Morgan fingerprint density at radius 2 is 2.07 bits per heavy atom. The monoisotopic (exact) mass is 418 g/mol. The van der Waals surface area contributed by atoms with Gasteiger partial charge in [0.05, 0.1) is 29.0 Å². The molecule has 6 nitrogen and oxygen atoms in total. The number of aromatic nitrogens is 3. The van der Waals surface area contributed by atoms with Crippen LogP contribution < -0.4 is 10.1 Å². The highest BCUT2D eigenvalue weighted by Gasteiger charge is 2.47. The molecule has 0 aliphatic heterocycles. The molecular weight excluding hydrogens is 397 g/mol. The number of para-hydroxylation sites is 2. The first-order valence-corrected chi connectivity index (χ1v) is 9.60. The molecule has 2 aromatic heterocycles. The van der Waals surface area contributed by atoms with Crippen molar-refractivity contribution in [2.45, 2.75) is 31.5 Å². The Kier molecular flexibility index (Phi) is 5.13. The molecule has 3 atom stereocenters. The first-order chi connectivity index (χ1) is 14.2. The lowest BCUT2D eigenvalue weighted by molar-refractivity contribution is -0.153. The van der Waals surface area contributed by atoms with E-state index in [0.717, 1.165) is 23.3 Å². The average Bonchev–Trinajstić information content (AvgIpc) is 3.44. The number of rotatable bonds is 6. The number of alkyl halides is 3. The molecule has 2 heterocycles. The molecule has 1 fully saturated rings. The number of pyridine rings is 1. The first kappa shape index (κ1) is 20.2. The summed E-state index contributed by atoms with van der Waals surface area (Å²) in [6.45, 7) is 0.411. The fourth-order valence-electron chi connectivity index (χ4n) is 3.56. The van der Waals surface area contributed by atoms with Crippen molar-refractivity contribution >= 4 is 16.9 Å². The summed E-state index contributed by atoms with van der Waals surface area (Å²) in [5.74, 6) is 0.754. The standard InChI is InChI=1S/C21H21F3N4O2/c1-12(16-8-7-13(10-25-16)30-11-21(22,23)24)26-20(29)15-9-14(15)19-27-17-5-3-4-6-18(17)28(19)2/h3-8,10,12,14-15H,9,11H2,1-2H3,(H,26,29)/t12?,14-,15-/m1/s1. The zero-order valence-electron chi connectivity index (χ0n) is 16.5. The molecule has 30 heavy (non-hydrogen) atoms. The van der Waals surface area contributed by atoms with Gasteiger partial charge in [0.2, 0.25) is 5.91 Å². The number of fused-ring (bicyclic) bond motifs is 1. The van der Waals surface area contributed by atoms with Crippen LogP contribution >= 0.6 is 0 Å². The zero-order chi connectivity index (χ0) is 21.5. The van der Waals surface area contributed by atoms with Gasteiger partial charge >= 0.3 is 6.18 Å². The Morgan fingerprint density at radius 3 is 2.73 bits per heavy atom. The number of carbonyl (C=O) groups is 1. The summed E-state index contributed by atoms with van der Waals surface area (Å²) in [6, 6.07) is 10.4. The Bertz CT molecular complexity index is 1060. The Balaban J connectivity index is 1.35. The highest BCUT2D eigenvalue weighted by atomic mass is 19.4. The topological polar surface area (TPSA) is 69.0 Å². The maximum absolute atomic E-state index is 12.7. The maximum atomic E-state index is 12.7. The fraction of sp³-hybridized carbons (Fsp3) is 0.381. The van der Waals surface area contributed by atoms with Crippen LogP contribution in [0, 0.1) is 5.92 Å². The Morgan fingerprint density at radius 1 is 1.30 bits per heavy atom. The van der Waals surface area contributed by atoms with E-state index in [1.165, 1.54) is 12.3 Å². The second-order valence-corrected chi connectivity index (χ2v) is 7.52. The number of benzene rings is 1. The minimum absolute atomic E-state index is 0.0266. The van der Waals surface area contributed by atoms with Crippen molar-refractivity contribution in [2.75, 3.05) is 6.61 Å². The number of imidazole rings is 1. The Labute approximate surface area is 171 Å². The van der Waals surface area contributed by atoms with E-state index >= 15 is 0 Å². The van der Waals surface area contributed by atoms with Crippen molar-refractivity contribution in [3.8, 4) is 5.75 Å². The molecule has 1 unspecified atom stereocenters. The summed E-state index contributed by atoms with van der Waals surface area (Å²) in [4.78, 5) is 21.4. The van der Waals surface area contributed by atoms with Crippen molar-refractivity contribution < 1.29 is 22.7 Å². The lowest BCUT2D eigenvalue weighted by atomic mass is 10.2. The minimum atomic E-state index is -4.40. The van der Waals surface area contributed by atoms with E-state index in [1.807, 2.05) is 35.9 Å². The summed E-state index contributed by atoms with van der Waals surface area (Å²) in [5.41, 5.74) is 2.48. The van der Waals surface area contributed by atoms with Gasteiger partial charge in [-0.1, -0.05) is 12.1 Å². The normalized spacial score (nSPS) is 19.5. The van der Waals surface area contributed by atoms with Crippen LogP contribution in [0.4, 0.5) is 13.2 Å². The van der Waals surface area contributed by atoms with Crippen LogP contribution in [0.5, 0.6) is 5.75 Å². The van der Waals surface area contributed by atoms with Gasteiger partial charge in [0.1, 0.15) is 11.6 Å². The van der Waals surface area contributed by atoms with Gasteiger partial charge in [-0.05, 0) is 37.6 Å². The van der Waals surface area contributed by atoms with Gasteiger partial charge in [0, 0.05) is 18.9 Å². The second-order valence-electron chi connectivity index (χ2n) is 7.52. The molecule has 3 aromatic rings. The Hall–Kier alpha value is -3.10. The van der Waals surface area contributed by atoms with Gasteiger partial charge < -0.3 is 14.6 Å². The average molecular weight is 418 g/mol. The van der Waals surface area contributed by atoms with E-state index in [9.17, 15) is 18.0 Å². The molecule has 1 amide bonds. The van der Waals surface area contributed by atoms with E-state index in [2.05, 4.69) is 20.0 Å². The van der Waals surface area contributed by atoms with Crippen molar-refractivity contribution in [1.29, 1.82) is 0 Å². The summed E-state index contributed by atoms with van der Waals surface area (Å²) in [7, 11) is 1.95. The quantitative estimate of drug-likeness (QED) is 0.660. The van der Waals surface area contributed by atoms with Crippen LogP contribution in [-0.4, -0.2) is 33.2 Å². The van der Waals surface area contributed by atoms with Crippen molar-refractivity contribution in [3.63, 3.8) is 0 Å². The minimum Gasteiger partial charge on any atom is -0.483 e. The molecule has 1 aromatic carbocycles. The predicted molar refractivity (Wildman–Crippen MR) is 104 cm³/mol. The summed E-state index contributed by atoms with van der Waals surface area (Å²) < 4.78 is 43.3. The highest BCUT2D eigenvalue weighted by molar-refractivity contribution is 5.83. The third-order valence-electron chi connectivity index (χ3n) is 5.24. The van der Waals surface area contributed by atoms with Gasteiger partial charge in [-0.3, -0.25) is 9.78 Å². The largest absolute Gasteiger partial charge is 0.483 e. The van der Waals surface area contributed by atoms with Crippen molar-refractivity contribution in [2.24, 2.45) is 13.0 Å². The molecule has 1 aliphatic carbocycles. The van der Waals surface area contributed by atoms with Crippen LogP contribution in [0.3, 0.4) is 0 Å². The number of ether oxygens (including phenoxy) is 1. The number of nitrogens with one attached hydrogen (secondary N) is 1. The third kappa shape index (κ3) is 4.24. The van der Waals surface area contributed by atoms with Gasteiger partial charge in [-0.2, -0.15) is 13.2 Å². The molecular formula is C21H21F3N4O2. The SMILES string of the molecule is CC(NC(=O)[C@@H]1C[C@H]1c1nc2ccccc2n1C)c1ccc(OCC(F)(F)F)cn1. The van der Waals surface area contributed by atoms with Crippen LogP contribution in [0.25, 0.3) is 11.0 Å². The number of hydrogen-bond donors (Lipinski definition) is 1. The summed E-state index contributed by atoms with van der Waals surface area (Å²) in [6.07, 6.45) is -2.45. The second kappa shape index (κ2) is 7.62. The molecule has 158 valence electrons. The number of aryl methyl sites for hydroxylation is 1. The number of nitrogens with zero attached hydrogens (tertiary/aromatic N) is 3. The van der Waals surface area contributed by atoms with Crippen molar-refractivity contribution in [3.05, 3.63) is 54.1 Å². The molecule has 1 saturated carbocycles. The van der Waals surface area contributed by atoms with Gasteiger partial charge in [0.25, 0.3) is 0 Å². The highest BCUT2D eigenvalue weighted by Crippen LogP contribution is 2.47. The van der Waals surface area contributed by atoms with Gasteiger partial charge in [0.15, 0.2) is 6.61 Å². The van der Waals surface area contributed by atoms with Gasteiger partial charge in [-0.15, -0.1) is 0 Å². The predicted octanol–water partition coefficient (Wildman–Crippen LogP) is 3.89. The van der Waals surface area contributed by atoms with Crippen LogP contribution in [-0.2, 0) is 11.8 Å². The van der Waals surface area contributed by atoms with E-state index in [0.29, 0.717) is 5.69 Å². The molecule has 0 bridgehead atoms. The molecule has 0 saturated heterocycles. The van der Waals surface area contributed by atoms with Crippen LogP contribution in [0.2, 0.25) is 0 Å². The first-order valence-electron chi connectivity index (χ1n) is 9.60. The van der Waals surface area contributed by atoms with E-state index < -0.39 is 12.8 Å². The molecule has 1 N–H and O–H groups in total. The molecule has 0 radical (unpaired) electrons. The molecule has 0 spiro atoms. The number of carbonyl (C=O) groups excluding carboxylic acids is 1. The van der Waals surface area contributed by atoms with E-state index in [1.54, 1.807) is 13.0 Å². The number of halogens is 3. The van der Waals surface area contributed by atoms with Crippen molar-refractivity contribution in [1.82, 2.24) is 19.9 Å². The molecule has 9 heteroatoms. The van der Waals surface area contributed by atoms with Gasteiger partial charge in [-0.25, -0.2) is 4.98 Å². The maximum Gasteiger partial charge on any atom is 0.422 e. The molecule has 1 aliphatic rings. The molecule has 4 rings (SSSR count). The number of hydrogen-bond acceptors (Lipinski definition) is 4. The summed E-state index contributed by atoms with van der Waals surface area (Å²) in [5, 5.41) is 2.93. The summed E-state index contributed by atoms with van der Waals surface area (Å²) >= 11 is 0. The van der Waals surface area contributed by atoms with E-state index in [-0.39, 0.29) is 29.5 Å². The lowest BCUT2D eigenvalue weighted by Crippen LogP contribution is -2.29. The fourth-order valence-corrected chi connectivity index (χ4v) is 3.56. The van der Waals surface area contributed by atoms with Crippen LogP contribution in [0.15, 0.2) is 42.6 Å². The zero-order valence-corrected chi connectivity index (χ0v) is 16.5.